The van der Waals surface area contributed by atoms with Crippen molar-refractivity contribution >= 4 is 11.8 Å². The fraction of sp³-hybridized carbons (Fsp3) is 0.300. The zero-order chi connectivity index (χ0) is 18.2. The molecule has 0 fully saturated rings. The standard InChI is InChI=1S/C20H24N2O3/c1-3-18(20(21)24)22(2)19(23)13-15-9-11-17(12-10-15)25-14-16-7-5-4-6-8-16/h4-12,18H,3,13-14H2,1-2H3,(H2,21,24). The average Bonchev–Trinajstić information content (AvgIpc) is 2.62. The van der Waals surface area contributed by atoms with E-state index in [2.05, 4.69) is 0 Å². The van der Waals surface area contributed by atoms with Crippen molar-refractivity contribution in [1.82, 2.24) is 4.90 Å². The van der Waals surface area contributed by atoms with E-state index in [0.717, 1.165) is 16.9 Å². The van der Waals surface area contributed by atoms with Crippen LogP contribution in [0.3, 0.4) is 0 Å². The average molecular weight is 340 g/mol. The lowest BCUT2D eigenvalue weighted by molar-refractivity contribution is -0.137. The summed E-state index contributed by atoms with van der Waals surface area (Å²) in [6, 6.07) is 16.8. The first-order valence-electron chi connectivity index (χ1n) is 8.32. The molecule has 5 heteroatoms. The number of primary amides is 1. The Morgan fingerprint density at radius 1 is 1.04 bits per heavy atom. The third-order valence-corrected chi connectivity index (χ3v) is 4.10. The predicted molar refractivity (Wildman–Crippen MR) is 97.0 cm³/mol. The van der Waals surface area contributed by atoms with Gasteiger partial charge in [-0.05, 0) is 29.7 Å². The second-order valence-electron chi connectivity index (χ2n) is 5.93. The number of ether oxygens (including phenoxy) is 1. The van der Waals surface area contributed by atoms with E-state index in [1.165, 1.54) is 4.90 Å². The van der Waals surface area contributed by atoms with Crippen LogP contribution in [-0.4, -0.2) is 29.8 Å². The third kappa shape index (κ3) is 5.35. The molecule has 2 amide bonds. The van der Waals surface area contributed by atoms with Gasteiger partial charge in [-0.15, -0.1) is 0 Å². The lowest BCUT2D eigenvalue weighted by Gasteiger charge is -2.24. The zero-order valence-corrected chi connectivity index (χ0v) is 14.6. The van der Waals surface area contributed by atoms with Gasteiger partial charge in [0.1, 0.15) is 18.4 Å². The fourth-order valence-corrected chi connectivity index (χ4v) is 2.58. The minimum Gasteiger partial charge on any atom is -0.489 e. The van der Waals surface area contributed by atoms with Crippen LogP contribution in [0, 0.1) is 0 Å². The Morgan fingerprint density at radius 2 is 1.68 bits per heavy atom. The molecule has 0 radical (unpaired) electrons. The summed E-state index contributed by atoms with van der Waals surface area (Å²) in [5.74, 6) is 0.128. The molecular formula is C20H24N2O3. The van der Waals surface area contributed by atoms with Gasteiger partial charge in [0.25, 0.3) is 0 Å². The number of hydrogen-bond donors (Lipinski definition) is 1. The van der Waals surface area contributed by atoms with Crippen LogP contribution in [0.25, 0.3) is 0 Å². The van der Waals surface area contributed by atoms with Crippen LogP contribution in [0.5, 0.6) is 5.75 Å². The minimum atomic E-state index is -0.569. The van der Waals surface area contributed by atoms with E-state index in [1.807, 2.05) is 61.5 Å². The summed E-state index contributed by atoms with van der Waals surface area (Å²) in [5, 5.41) is 0. The van der Waals surface area contributed by atoms with E-state index < -0.39 is 11.9 Å². The number of rotatable bonds is 8. The lowest BCUT2D eigenvalue weighted by atomic mass is 10.1. The van der Waals surface area contributed by atoms with Gasteiger partial charge >= 0.3 is 0 Å². The minimum absolute atomic E-state index is 0.136. The Balaban J connectivity index is 1.91. The molecule has 0 heterocycles. The van der Waals surface area contributed by atoms with E-state index in [0.29, 0.717) is 13.0 Å². The van der Waals surface area contributed by atoms with Crippen molar-refractivity contribution in [3.05, 3.63) is 65.7 Å². The topological polar surface area (TPSA) is 72.6 Å². The molecule has 0 aliphatic carbocycles. The SMILES string of the molecule is CCC(C(N)=O)N(C)C(=O)Cc1ccc(OCc2ccccc2)cc1. The van der Waals surface area contributed by atoms with Gasteiger partial charge in [-0.25, -0.2) is 0 Å². The second-order valence-corrected chi connectivity index (χ2v) is 5.93. The van der Waals surface area contributed by atoms with Crippen molar-refractivity contribution in [1.29, 1.82) is 0 Å². The maximum atomic E-state index is 12.3. The van der Waals surface area contributed by atoms with Crippen LogP contribution in [0.4, 0.5) is 0 Å². The van der Waals surface area contributed by atoms with Gasteiger partial charge in [0.05, 0.1) is 6.42 Å². The summed E-state index contributed by atoms with van der Waals surface area (Å²) in [6.45, 7) is 2.33. The van der Waals surface area contributed by atoms with Crippen LogP contribution in [0.2, 0.25) is 0 Å². The molecule has 25 heavy (non-hydrogen) atoms. The molecule has 2 N–H and O–H groups in total. The van der Waals surface area contributed by atoms with Gasteiger partial charge in [-0.3, -0.25) is 9.59 Å². The molecule has 0 spiro atoms. The fourth-order valence-electron chi connectivity index (χ4n) is 2.58. The number of amides is 2. The Labute approximate surface area is 148 Å². The summed E-state index contributed by atoms with van der Waals surface area (Å²) in [6.07, 6.45) is 0.725. The largest absolute Gasteiger partial charge is 0.489 e. The van der Waals surface area contributed by atoms with E-state index in [-0.39, 0.29) is 12.3 Å². The van der Waals surface area contributed by atoms with Crippen molar-refractivity contribution in [2.75, 3.05) is 7.05 Å². The summed E-state index contributed by atoms with van der Waals surface area (Å²) in [5.41, 5.74) is 7.29. The third-order valence-electron chi connectivity index (χ3n) is 4.10. The van der Waals surface area contributed by atoms with Gasteiger partial charge < -0.3 is 15.4 Å². The van der Waals surface area contributed by atoms with Gasteiger partial charge in [0, 0.05) is 7.05 Å². The first-order chi connectivity index (χ1) is 12.0. The number of carbonyl (C=O) groups excluding carboxylic acids is 2. The maximum absolute atomic E-state index is 12.3. The van der Waals surface area contributed by atoms with Crippen LogP contribution in [-0.2, 0) is 22.6 Å². The van der Waals surface area contributed by atoms with E-state index in [4.69, 9.17) is 10.5 Å². The molecule has 1 atom stereocenters. The van der Waals surface area contributed by atoms with Crippen molar-refractivity contribution in [3.63, 3.8) is 0 Å². The predicted octanol–water partition coefficient (Wildman–Crippen LogP) is 2.53. The van der Waals surface area contributed by atoms with E-state index >= 15 is 0 Å². The van der Waals surface area contributed by atoms with Crippen molar-refractivity contribution in [2.24, 2.45) is 5.73 Å². The molecule has 1 unspecified atom stereocenters. The zero-order valence-electron chi connectivity index (χ0n) is 14.6. The Hall–Kier alpha value is -2.82. The van der Waals surface area contributed by atoms with E-state index in [9.17, 15) is 9.59 Å². The van der Waals surface area contributed by atoms with Gasteiger partial charge in [-0.1, -0.05) is 49.4 Å². The number of carbonyl (C=O) groups is 2. The molecular weight excluding hydrogens is 316 g/mol. The summed E-state index contributed by atoms with van der Waals surface area (Å²) in [7, 11) is 1.61. The first-order valence-corrected chi connectivity index (χ1v) is 8.32. The van der Waals surface area contributed by atoms with Crippen LogP contribution < -0.4 is 10.5 Å². The first kappa shape index (κ1) is 18.5. The number of nitrogens with zero attached hydrogens (tertiary/aromatic N) is 1. The molecule has 0 aromatic heterocycles. The number of hydrogen-bond acceptors (Lipinski definition) is 3. The summed E-state index contributed by atoms with van der Waals surface area (Å²) >= 11 is 0. The normalized spacial score (nSPS) is 11.6. The van der Waals surface area contributed by atoms with Crippen molar-refractivity contribution in [3.8, 4) is 5.75 Å². The lowest BCUT2D eigenvalue weighted by Crippen LogP contribution is -2.45. The molecule has 0 saturated heterocycles. The maximum Gasteiger partial charge on any atom is 0.240 e. The number of benzene rings is 2. The van der Waals surface area contributed by atoms with Gasteiger partial charge in [-0.2, -0.15) is 0 Å². The Bertz CT molecular complexity index is 699. The number of nitrogens with two attached hydrogens (primary N) is 1. The molecule has 2 aromatic carbocycles. The smallest absolute Gasteiger partial charge is 0.240 e. The molecule has 0 aliphatic rings. The molecule has 5 nitrogen and oxygen atoms in total. The highest BCUT2D eigenvalue weighted by Crippen LogP contribution is 2.15. The molecule has 2 aromatic rings. The summed E-state index contributed by atoms with van der Waals surface area (Å²) in [4.78, 5) is 25.1. The molecule has 2 rings (SSSR count). The van der Waals surface area contributed by atoms with Crippen molar-refractivity contribution in [2.45, 2.75) is 32.4 Å². The summed E-state index contributed by atoms with van der Waals surface area (Å²) < 4.78 is 5.73. The molecule has 132 valence electrons. The Morgan fingerprint density at radius 3 is 2.24 bits per heavy atom. The van der Waals surface area contributed by atoms with Crippen LogP contribution in [0.1, 0.15) is 24.5 Å². The second kappa shape index (κ2) is 8.87. The quantitative estimate of drug-likeness (QED) is 0.802. The molecule has 0 saturated carbocycles. The number of likely N-dealkylation sites (N-methyl/N-ethyl adjacent to an activating group) is 1. The van der Waals surface area contributed by atoms with Gasteiger partial charge in [0.2, 0.25) is 11.8 Å². The Kier molecular flexibility index (Phi) is 6.57. The van der Waals surface area contributed by atoms with E-state index in [1.54, 1.807) is 7.05 Å². The highest BCUT2D eigenvalue weighted by Gasteiger charge is 2.22. The molecule has 0 bridgehead atoms. The van der Waals surface area contributed by atoms with Gasteiger partial charge in [0.15, 0.2) is 0 Å². The molecule has 0 aliphatic heterocycles. The highest BCUT2D eigenvalue weighted by atomic mass is 16.5. The van der Waals surface area contributed by atoms with Crippen LogP contribution >= 0.6 is 0 Å². The van der Waals surface area contributed by atoms with Crippen LogP contribution in [0.15, 0.2) is 54.6 Å². The highest BCUT2D eigenvalue weighted by molar-refractivity contribution is 5.87. The monoisotopic (exact) mass is 340 g/mol. The van der Waals surface area contributed by atoms with Crippen molar-refractivity contribution < 1.29 is 14.3 Å².